The number of furan rings is 1. The number of aryl methyl sites for hydroxylation is 1. The molecule has 3 aromatic rings. The predicted molar refractivity (Wildman–Crippen MR) is 88.4 cm³/mol. The molecule has 0 radical (unpaired) electrons. The van der Waals surface area contributed by atoms with Gasteiger partial charge in [-0.3, -0.25) is 20.4 Å². The van der Waals surface area contributed by atoms with Gasteiger partial charge in [0.1, 0.15) is 5.58 Å². The Labute approximate surface area is 142 Å². The topological polar surface area (TPSA) is 89.8 Å². The van der Waals surface area contributed by atoms with Crippen molar-refractivity contribution >= 4 is 22.8 Å². The van der Waals surface area contributed by atoms with Crippen LogP contribution in [0.15, 0.2) is 46.9 Å². The van der Waals surface area contributed by atoms with Gasteiger partial charge in [-0.05, 0) is 31.2 Å². The standard InChI is InChI=1S/C18H14N2O5/c1-10-12-4-2-3-5-13(12)25-16(10)18(22)20-19-17(21)11-6-7-14-15(8-11)24-9-23-14/h2-8H,9H2,1H3,(H,19,21)(H,20,22). The Morgan fingerprint density at radius 2 is 1.72 bits per heavy atom. The number of para-hydroxylation sites is 1. The molecule has 1 aliphatic heterocycles. The first-order valence-electron chi connectivity index (χ1n) is 7.62. The van der Waals surface area contributed by atoms with Gasteiger partial charge in [0.25, 0.3) is 5.91 Å². The number of fused-ring (bicyclic) bond motifs is 2. The Bertz CT molecular complexity index is 992. The molecule has 126 valence electrons. The molecule has 1 aromatic heterocycles. The predicted octanol–water partition coefficient (Wildman–Crippen LogP) is 2.54. The molecule has 1 aliphatic rings. The number of nitrogens with one attached hydrogen (secondary N) is 2. The highest BCUT2D eigenvalue weighted by molar-refractivity contribution is 6.01. The molecular formula is C18H14N2O5. The number of rotatable bonds is 2. The second kappa shape index (κ2) is 5.86. The fraction of sp³-hybridized carbons (Fsp3) is 0.111. The van der Waals surface area contributed by atoms with Crippen molar-refractivity contribution in [2.75, 3.05) is 6.79 Å². The molecule has 0 fully saturated rings. The first-order valence-corrected chi connectivity index (χ1v) is 7.62. The summed E-state index contributed by atoms with van der Waals surface area (Å²) in [6, 6.07) is 12.1. The molecule has 0 saturated heterocycles. The van der Waals surface area contributed by atoms with Gasteiger partial charge < -0.3 is 13.9 Å². The molecule has 2 N–H and O–H groups in total. The number of carbonyl (C=O) groups excluding carboxylic acids is 2. The van der Waals surface area contributed by atoms with Crippen molar-refractivity contribution in [2.24, 2.45) is 0 Å². The first-order chi connectivity index (χ1) is 12.1. The van der Waals surface area contributed by atoms with Crippen LogP contribution in [0.5, 0.6) is 11.5 Å². The number of amides is 2. The molecule has 2 amide bonds. The molecule has 0 saturated carbocycles. The fourth-order valence-electron chi connectivity index (χ4n) is 2.67. The van der Waals surface area contributed by atoms with Crippen molar-refractivity contribution in [1.82, 2.24) is 10.9 Å². The van der Waals surface area contributed by atoms with Gasteiger partial charge in [0.15, 0.2) is 17.3 Å². The van der Waals surface area contributed by atoms with E-state index in [0.717, 1.165) is 5.39 Å². The van der Waals surface area contributed by atoms with Gasteiger partial charge in [-0.15, -0.1) is 0 Å². The third kappa shape index (κ3) is 2.65. The second-order valence-electron chi connectivity index (χ2n) is 5.53. The lowest BCUT2D eigenvalue weighted by atomic mass is 10.1. The van der Waals surface area contributed by atoms with E-state index in [0.29, 0.717) is 28.2 Å². The zero-order valence-corrected chi connectivity index (χ0v) is 13.3. The zero-order valence-electron chi connectivity index (χ0n) is 13.3. The van der Waals surface area contributed by atoms with Crippen molar-refractivity contribution in [1.29, 1.82) is 0 Å². The van der Waals surface area contributed by atoms with Crippen LogP contribution in [-0.4, -0.2) is 18.6 Å². The summed E-state index contributed by atoms with van der Waals surface area (Å²) >= 11 is 0. The van der Waals surface area contributed by atoms with Crippen molar-refractivity contribution in [3.63, 3.8) is 0 Å². The van der Waals surface area contributed by atoms with Crippen LogP contribution in [0.1, 0.15) is 26.5 Å². The summed E-state index contributed by atoms with van der Waals surface area (Å²) in [6.07, 6.45) is 0. The summed E-state index contributed by atoms with van der Waals surface area (Å²) in [7, 11) is 0. The Kier molecular flexibility index (Phi) is 3.53. The SMILES string of the molecule is Cc1c(C(=O)NNC(=O)c2ccc3c(c2)OCO3)oc2ccccc12. The van der Waals surface area contributed by atoms with Crippen molar-refractivity contribution in [3.8, 4) is 11.5 Å². The van der Waals surface area contributed by atoms with E-state index >= 15 is 0 Å². The van der Waals surface area contributed by atoms with E-state index in [1.54, 1.807) is 31.2 Å². The van der Waals surface area contributed by atoms with Crippen LogP contribution < -0.4 is 20.3 Å². The fourth-order valence-corrected chi connectivity index (χ4v) is 2.67. The van der Waals surface area contributed by atoms with Crippen molar-refractivity contribution in [2.45, 2.75) is 6.92 Å². The number of hydrazine groups is 1. The summed E-state index contributed by atoms with van der Waals surface area (Å²) in [5.41, 5.74) is 6.40. The molecule has 0 bridgehead atoms. The maximum atomic E-state index is 12.3. The van der Waals surface area contributed by atoms with Crippen LogP contribution >= 0.6 is 0 Å². The van der Waals surface area contributed by atoms with Gasteiger partial charge in [-0.2, -0.15) is 0 Å². The number of hydrogen-bond donors (Lipinski definition) is 2. The van der Waals surface area contributed by atoms with Gasteiger partial charge in [-0.25, -0.2) is 0 Å². The van der Waals surface area contributed by atoms with Gasteiger partial charge in [-0.1, -0.05) is 18.2 Å². The minimum atomic E-state index is -0.525. The second-order valence-corrected chi connectivity index (χ2v) is 5.53. The Hall–Kier alpha value is -3.48. The normalized spacial score (nSPS) is 12.2. The molecule has 25 heavy (non-hydrogen) atoms. The van der Waals surface area contributed by atoms with E-state index in [-0.39, 0.29) is 12.6 Å². The summed E-state index contributed by atoms with van der Waals surface area (Å²) in [5, 5.41) is 0.856. The maximum absolute atomic E-state index is 12.3. The highest BCUT2D eigenvalue weighted by atomic mass is 16.7. The molecule has 2 heterocycles. The van der Waals surface area contributed by atoms with Crippen LogP contribution in [-0.2, 0) is 0 Å². The summed E-state index contributed by atoms with van der Waals surface area (Å²) in [5.74, 6) is 0.237. The molecule has 0 spiro atoms. The molecule has 0 aliphatic carbocycles. The Morgan fingerprint density at radius 1 is 0.960 bits per heavy atom. The van der Waals surface area contributed by atoms with Crippen molar-refractivity contribution < 1.29 is 23.5 Å². The molecule has 0 unspecified atom stereocenters. The van der Waals surface area contributed by atoms with E-state index in [1.165, 1.54) is 0 Å². The van der Waals surface area contributed by atoms with E-state index in [4.69, 9.17) is 13.9 Å². The summed E-state index contributed by atoms with van der Waals surface area (Å²) < 4.78 is 16.0. The molecule has 7 heteroatoms. The minimum Gasteiger partial charge on any atom is -0.454 e. The van der Waals surface area contributed by atoms with Crippen LogP contribution in [0.3, 0.4) is 0 Å². The van der Waals surface area contributed by atoms with Crippen LogP contribution in [0.4, 0.5) is 0 Å². The van der Waals surface area contributed by atoms with E-state index in [1.807, 2.05) is 18.2 Å². The molecule has 4 rings (SSSR count). The average Bonchev–Trinajstić information content (AvgIpc) is 3.23. The number of ether oxygens (including phenoxy) is 2. The third-order valence-corrected chi connectivity index (χ3v) is 3.97. The van der Waals surface area contributed by atoms with Gasteiger partial charge in [0.05, 0.1) is 0 Å². The third-order valence-electron chi connectivity index (χ3n) is 3.97. The van der Waals surface area contributed by atoms with Gasteiger partial charge in [0.2, 0.25) is 6.79 Å². The first kappa shape index (κ1) is 15.1. The Balaban J connectivity index is 1.47. The molecular weight excluding hydrogens is 324 g/mol. The quantitative estimate of drug-likeness (QED) is 0.701. The number of hydrogen-bond acceptors (Lipinski definition) is 5. The zero-order chi connectivity index (χ0) is 17.4. The van der Waals surface area contributed by atoms with E-state index in [2.05, 4.69) is 10.9 Å². The lowest BCUT2D eigenvalue weighted by Gasteiger charge is -2.07. The number of benzene rings is 2. The molecule has 7 nitrogen and oxygen atoms in total. The highest BCUT2D eigenvalue weighted by Crippen LogP contribution is 2.32. The lowest BCUT2D eigenvalue weighted by Crippen LogP contribution is -2.41. The molecule has 0 atom stereocenters. The average molecular weight is 338 g/mol. The number of carbonyl (C=O) groups is 2. The van der Waals surface area contributed by atoms with Crippen molar-refractivity contribution in [3.05, 3.63) is 59.4 Å². The van der Waals surface area contributed by atoms with E-state index < -0.39 is 11.8 Å². The summed E-state index contributed by atoms with van der Waals surface area (Å²) in [4.78, 5) is 24.5. The largest absolute Gasteiger partial charge is 0.454 e. The smallest absolute Gasteiger partial charge is 0.305 e. The van der Waals surface area contributed by atoms with E-state index in [9.17, 15) is 9.59 Å². The van der Waals surface area contributed by atoms with Gasteiger partial charge in [0, 0.05) is 16.5 Å². The van der Waals surface area contributed by atoms with Crippen LogP contribution in [0, 0.1) is 6.92 Å². The Morgan fingerprint density at radius 3 is 2.56 bits per heavy atom. The highest BCUT2D eigenvalue weighted by Gasteiger charge is 2.19. The lowest BCUT2D eigenvalue weighted by molar-refractivity contribution is 0.0831. The maximum Gasteiger partial charge on any atom is 0.305 e. The molecule has 2 aromatic carbocycles. The van der Waals surface area contributed by atoms with Gasteiger partial charge >= 0.3 is 5.91 Å². The van der Waals surface area contributed by atoms with Crippen LogP contribution in [0.25, 0.3) is 11.0 Å². The van der Waals surface area contributed by atoms with Crippen LogP contribution in [0.2, 0.25) is 0 Å². The minimum absolute atomic E-state index is 0.127. The summed E-state index contributed by atoms with van der Waals surface area (Å²) in [6.45, 7) is 1.92. The monoisotopic (exact) mass is 338 g/mol.